The Morgan fingerprint density at radius 1 is 1.04 bits per heavy atom. The van der Waals surface area contributed by atoms with E-state index in [1.807, 2.05) is 0 Å². The van der Waals surface area contributed by atoms with E-state index in [2.05, 4.69) is 10.4 Å². The van der Waals surface area contributed by atoms with Crippen LogP contribution in [0.4, 0.5) is 4.79 Å². The maximum atomic E-state index is 13.4. The fraction of sp³-hybridized carbons (Fsp3) is 0.483. The van der Waals surface area contributed by atoms with Gasteiger partial charge in [0.2, 0.25) is 11.8 Å². The van der Waals surface area contributed by atoms with Crippen LogP contribution in [0.15, 0.2) is 36.4 Å². The molecule has 18 nitrogen and oxygen atoms in total. The number of para-hydroxylation sites is 1. The molecular formula is C29H36N6O12. The Hall–Kier alpha value is -5.23. The highest BCUT2D eigenvalue weighted by Gasteiger charge is 2.39. The summed E-state index contributed by atoms with van der Waals surface area (Å²) in [6, 6.07) is 7.24. The summed E-state index contributed by atoms with van der Waals surface area (Å²) in [6.07, 6.45) is -2.63. The Kier molecular flexibility index (Phi) is 11.7. The van der Waals surface area contributed by atoms with Crippen molar-refractivity contribution in [1.82, 2.24) is 30.0 Å². The summed E-state index contributed by atoms with van der Waals surface area (Å²) in [5, 5.41) is 36.8. The van der Waals surface area contributed by atoms with Gasteiger partial charge >= 0.3 is 18.1 Å². The molecule has 4 rings (SSSR count). The largest absolute Gasteiger partial charge is 0.527 e. The number of aromatic nitrogens is 2. The number of rotatable bonds is 13. The number of aliphatic carboxylic acids is 2. The van der Waals surface area contributed by atoms with Crippen molar-refractivity contribution in [2.24, 2.45) is 0 Å². The van der Waals surface area contributed by atoms with Crippen LogP contribution < -0.4 is 10.1 Å². The summed E-state index contributed by atoms with van der Waals surface area (Å²) in [7, 11) is 0. The van der Waals surface area contributed by atoms with Gasteiger partial charge in [0.25, 0.3) is 11.8 Å². The average molecular weight is 661 g/mol. The van der Waals surface area contributed by atoms with Crippen LogP contribution in [0, 0.1) is 0 Å². The number of ether oxygens (including phenoxy) is 2. The fourth-order valence-corrected chi connectivity index (χ4v) is 5.10. The van der Waals surface area contributed by atoms with E-state index < -0.39 is 67.0 Å². The highest BCUT2D eigenvalue weighted by atomic mass is 16.8. The number of carboxylic acids is 2. The first-order valence-corrected chi connectivity index (χ1v) is 14.9. The zero-order valence-electron chi connectivity index (χ0n) is 25.5. The van der Waals surface area contributed by atoms with Crippen LogP contribution in [-0.4, -0.2) is 140 Å². The number of carbonyl (C=O) groups excluding carboxylic acids is 4. The number of nitrogens with one attached hydrogen (secondary N) is 1. The number of hydroxylamine groups is 2. The number of aliphatic hydroxyl groups excluding tert-OH is 1. The van der Waals surface area contributed by atoms with Gasteiger partial charge in [-0.05, 0) is 25.5 Å². The first kappa shape index (κ1) is 34.6. The van der Waals surface area contributed by atoms with Crippen molar-refractivity contribution < 1.29 is 58.4 Å². The number of hydrogen-bond donors (Lipinski definition) is 4. The molecule has 0 bridgehead atoms. The number of carbonyl (C=O) groups is 6. The lowest BCUT2D eigenvalue weighted by Gasteiger charge is -2.35. The first-order chi connectivity index (χ1) is 22.5. The molecule has 3 atom stereocenters. The van der Waals surface area contributed by atoms with Crippen molar-refractivity contribution >= 4 is 35.8 Å². The van der Waals surface area contributed by atoms with Crippen LogP contribution in [0.5, 0.6) is 5.88 Å². The number of benzene rings is 1. The summed E-state index contributed by atoms with van der Waals surface area (Å²) in [4.78, 5) is 81.7. The van der Waals surface area contributed by atoms with Crippen LogP contribution in [0.1, 0.15) is 36.7 Å². The molecule has 4 N–H and O–H groups in total. The van der Waals surface area contributed by atoms with Crippen molar-refractivity contribution in [3.8, 4) is 11.6 Å². The van der Waals surface area contributed by atoms with E-state index >= 15 is 0 Å². The standard InChI is InChI=1S/C29H36N6O12/c1-2-45-29(44)47-33-12-10-32(11-13-33)27(41)20(8-9-25(38)39)30-26(40)21-15-24(35(31-21)18-6-4-3-5-7-18)46-17-23(37)34-16-19(36)14-22(34)28(42)43/h3-7,15,19-20,22,36H,2,8-14,16-17H2,1H3,(H,30,40)(H,38,39)(H,42,43)/t19-,20+,22-/m1/s1. The summed E-state index contributed by atoms with van der Waals surface area (Å²) in [6.45, 7) is 1.54. The van der Waals surface area contributed by atoms with Gasteiger partial charge in [-0.1, -0.05) is 18.2 Å². The molecule has 2 aliphatic heterocycles. The van der Waals surface area contributed by atoms with E-state index in [1.54, 1.807) is 37.3 Å². The van der Waals surface area contributed by atoms with Gasteiger partial charge in [0.15, 0.2) is 12.3 Å². The minimum absolute atomic E-state index is 0.0487. The molecule has 1 aromatic carbocycles. The number of carboxylic acid groups (broad SMARTS) is 2. The number of likely N-dealkylation sites (tertiary alicyclic amines) is 1. The SMILES string of the molecule is CCOC(=O)ON1CCN(C(=O)[C@H](CCC(=O)O)NC(=O)c2cc(OCC(=O)N3C[C@H](O)C[C@@H]3C(=O)O)n(-c3ccccc3)n2)CC1. The zero-order valence-corrected chi connectivity index (χ0v) is 25.5. The molecule has 0 radical (unpaired) electrons. The van der Waals surface area contributed by atoms with Crippen molar-refractivity contribution in [2.75, 3.05) is 45.9 Å². The minimum atomic E-state index is -1.26. The Labute approximate surface area is 268 Å². The predicted molar refractivity (Wildman–Crippen MR) is 157 cm³/mol. The predicted octanol–water partition coefficient (Wildman–Crippen LogP) is -0.507. The highest BCUT2D eigenvalue weighted by molar-refractivity contribution is 5.96. The van der Waals surface area contributed by atoms with Crippen LogP contribution in [0.2, 0.25) is 0 Å². The third-order valence-corrected chi connectivity index (χ3v) is 7.40. The lowest BCUT2D eigenvalue weighted by Crippen LogP contribution is -2.55. The molecule has 2 saturated heterocycles. The molecule has 0 unspecified atom stereocenters. The van der Waals surface area contributed by atoms with Crippen LogP contribution in [0.25, 0.3) is 5.69 Å². The highest BCUT2D eigenvalue weighted by Crippen LogP contribution is 2.22. The normalized spacial score (nSPS) is 18.7. The molecule has 2 fully saturated rings. The van der Waals surface area contributed by atoms with Crippen molar-refractivity contribution in [1.29, 1.82) is 0 Å². The lowest BCUT2D eigenvalue weighted by molar-refractivity contribution is -0.157. The lowest BCUT2D eigenvalue weighted by atomic mass is 10.1. The quantitative estimate of drug-likeness (QED) is 0.198. The van der Waals surface area contributed by atoms with Gasteiger partial charge in [0.1, 0.15) is 12.1 Å². The van der Waals surface area contributed by atoms with Gasteiger partial charge in [-0.15, -0.1) is 5.06 Å². The van der Waals surface area contributed by atoms with Crippen LogP contribution >= 0.6 is 0 Å². The molecule has 2 aromatic rings. The maximum absolute atomic E-state index is 13.4. The van der Waals surface area contributed by atoms with Gasteiger partial charge in [-0.3, -0.25) is 19.2 Å². The molecule has 254 valence electrons. The van der Waals surface area contributed by atoms with Gasteiger partial charge in [-0.25, -0.2) is 14.3 Å². The molecule has 1 aromatic heterocycles. The summed E-state index contributed by atoms with van der Waals surface area (Å²) in [5.41, 5.74) is 0.243. The molecule has 0 spiro atoms. The molecule has 0 saturated carbocycles. The van der Waals surface area contributed by atoms with Crippen LogP contribution in [0.3, 0.4) is 0 Å². The maximum Gasteiger partial charge on any atom is 0.527 e. The fourth-order valence-electron chi connectivity index (χ4n) is 5.10. The number of piperazine rings is 1. The van der Waals surface area contributed by atoms with E-state index in [-0.39, 0.29) is 63.7 Å². The number of aliphatic hydroxyl groups is 1. The summed E-state index contributed by atoms with van der Waals surface area (Å²) < 4.78 is 11.7. The van der Waals surface area contributed by atoms with Crippen molar-refractivity contribution in [3.63, 3.8) is 0 Å². The van der Waals surface area contributed by atoms with Gasteiger partial charge in [0.05, 0.1) is 31.5 Å². The third kappa shape index (κ3) is 9.17. The topological polar surface area (TPSA) is 230 Å². The van der Waals surface area contributed by atoms with Crippen LogP contribution in [-0.2, 0) is 28.8 Å². The smallest absolute Gasteiger partial charge is 0.481 e. The molecule has 0 aliphatic carbocycles. The summed E-state index contributed by atoms with van der Waals surface area (Å²) in [5.74, 6) is -4.55. The Morgan fingerprint density at radius 2 is 1.74 bits per heavy atom. The van der Waals surface area contributed by atoms with E-state index in [4.69, 9.17) is 14.3 Å². The monoisotopic (exact) mass is 660 g/mol. The number of hydrogen-bond acceptors (Lipinski definition) is 12. The third-order valence-electron chi connectivity index (χ3n) is 7.40. The molecular weight excluding hydrogens is 624 g/mol. The number of nitrogens with zero attached hydrogens (tertiary/aromatic N) is 5. The van der Waals surface area contributed by atoms with E-state index in [1.165, 1.54) is 20.7 Å². The molecule has 2 aliphatic rings. The zero-order chi connectivity index (χ0) is 34.1. The van der Waals surface area contributed by atoms with Gasteiger partial charge in [-0.2, -0.15) is 5.10 Å². The molecule has 3 heterocycles. The van der Waals surface area contributed by atoms with Crippen molar-refractivity contribution in [3.05, 3.63) is 42.1 Å². The average Bonchev–Trinajstić information content (AvgIpc) is 3.66. The number of amides is 3. The van der Waals surface area contributed by atoms with Gasteiger partial charge in [0, 0.05) is 38.5 Å². The van der Waals surface area contributed by atoms with E-state index in [9.17, 15) is 44.1 Å². The number of β-amino-alcohol motifs (C(OH)–C–C–N with tert-alkyl or cyclic N) is 1. The minimum Gasteiger partial charge on any atom is -0.481 e. The Morgan fingerprint density at radius 3 is 2.38 bits per heavy atom. The van der Waals surface area contributed by atoms with Gasteiger partial charge < -0.3 is 44.7 Å². The second kappa shape index (κ2) is 15.9. The molecule has 3 amide bonds. The first-order valence-electron chi connectivity index (χ1n) is 14.9. The molecule has 18 heteroatoms. The molecule has 47 heavy (non-hydrogen) atoms. The van der Waals surface area contributed by atoms with Crippen molar-refractivity contribution in [2.45, 2.75) is 44.4 Å². The summed E-state index contributed by atoms with van der Waals surface area (Å²) >= 11 is 0. The van der Waals surface area contributed by atoms with E-state index in [0.29, 0.717) is 5.69 Å². The Bertz CT molecular complexity index is 1460. The second-order valence-corrected chi connectivity index (χ2v) is 10.7. The second-order valence-electron chi connectivity index (χ2n) is 10.7. The Balaban J connectivity index is 1.48. The van der Waals surface area contributed by atoms with E-state index in [0.717, 1.165) is 4.90 Å².